The van der Waals surface area contributed by atoms with Gasteiger partial charge in [-0.1, -0.05) is 52.8 Å². The lowest BCUT2D eigenvalue weighted by molar-refractivity contribution is 0.583. The molecule has 1 aromatic heterocycles. The Bertz CT molecular complexity index is 635. The first kappa shape index (κ1) is 13.5. The molecule has 2 aromatic rings. The van der Waals surface area contributed by atoms with Crippen molar-refractivity contribution in [3.05, 3.63) is 46.1 Å². The second-order valence-corrected chi connectivity index (χ2v) is 7.35. The molecule has 0 radical (unpaired) electrons. The SMILES string of the molecule is Cc1ccc(CNS(=O)(=O)c2cnc(Cl)s2)cc1. The Kier molecular flexibility index (Phi) is 4.01. The summed E-state index contributed by atoms with van der Waals surface area (Å²) in [7, 11) is -3.53. The monoisotopic (exact) mass is 302 g/mol. The van der Waals surface area contributed by atoms with Crippen LogP contribution in [0.25, 0.3) is 0 Å². The molecule has 0 amide bonds. The zero-order chi connectivity index (χ0) is 13.2. The van der Waals surface area contributed by atoms with Crippen LogP contribution in [0.2, 0.25) is 4.47 Å². The molecular formula is C11H11ClN2O2S2. The van der Waals surface area contributed by atoms with Crippen LogP contribution in [0.5, 0.6) is 0 Å². The summed E-state index contributed by atoms with van der Waals surface area (Å²) >= 11 is 6.55. The summed E-state index contributed by atoms with van der Waals surface area (Å²) in [4.78, 5) is 3.71. The van der Waals surface area contributed by atoms with Crippen molar-refractivity contribution < 1.29 is 8.42 Å². The van der Waals surface area contributed by atoms with Crippen molar-refractivity contribution in [3.63, 3.8) is 0 Å². The fourth-order valence-electron chi connectivity index (χ4n) is 1.32. The molecule has 0 aliphatic carbocycles. The molecule has 0 unspecified atom stereocenters. The predicted octanol–water partition coefficient (Wildman–Crippen LogP) is 2.58. The predicted molar refractivity (Wildman–Crippen MR) is 72.3 cm³/mol. The highest BCUT2D eigenvalue weighted by atomic mass is 35.5. The standard InChI is InChI=1S/C11H11ClN2O2S2/c1-8-2-4-9(5-3-8)6-14-18(15,16)10-7-13-11(12)17-10/h2-5,7,14H,6H2,1H3. The van der Waals surface area contributed by atoms with Crippen molar-refractivity contribution in [1.29, 1.82) is 0 Å². The summed E-state index contributed by atoms with van der Waals surface area (Å²) in [5, 5.41) is 0. The zero-order valence-corrected chi connectivity index (χ0v) is 11.9. The fourth-order valence-corrected chi connectivity index (χ4v) is 3.67. The molecule has 0 saturated heterocycles. The number of aromatic nitrogens is 1. The third-order valence-corrected chi connectivity index (χ3v) is 5.29. The number of benzene rings is 1. The maximum Gasteiger partial charge on any atom is 0.252 e. The number of aryl methyl sites for hydroxylation is 1. The quantitative estimate of drug-likeness (QED) is 0.944. The molecule has 1 N–H and O–H groups in total. The van der Waals surface area contributed by atoms with Crippen molar-refractivity contribution in [3.8, 4) is 0 Å². The van der Waals surface area contributed by atoms with Gasteiger partial charge in [-0.3, -0.25) is 0 Å². The van der Waals surface area contributed by atoms with E-state index in [9.17, 15) is 8.42 Å². The van der Waals surface area contributed by atoms with Gasteiger partial charge < -0.3 is 0 Å². The summed E-state index contributed by atoms with van der Waals surface area (Å²) in [5.74, 6) is 0. The minimum Gasteiger partial charge on any atom is -0.232 e. The fraction of sp³-hybridized carbons (Fsp3) is 0.182. The third kappa shape index (κ3) is 3.29. The summed E-state index contributed by atoms with van der Waals surface area (Å²) in [5.41, 5.74) is 2.04. The lowest BCUT2D eigenvalue weighted by atomic mass is 10.2. The van der Waals surface area contributed by atoms with Gasteiger partial charge in [-0.15, -0.1) is 0 Å². The molecule has 4 nitrogen and oxygen atoms in total. The average molecular weight is 303 g/mol. The zero-order valence-electron chi connectivity index (χ0n) is 9.55. The van der Waals surface area contributed by atoms with E-state index in [1.807, 2.05) is 31.2 Å². The summed E-state index contributed by atoms with van der Waals surface area (Å²) < 4.78 is 26.6. The van der Waals surface area contributed by atoms with Crippen LogP contribution in [0.1, 0.15) is 11.1 Å². The van der Waals surface area contributed by atoms with Gasteiger partial charge in [-0.25, -0.2) is 18.1 Å². The molecule has 0 bridgehead atoms. The van der Waals surface area contributed by atoms with E-state index in [0.29, 0.717) is 0 Å². The molecule has 0 aliphatic heterocycles. The van der Waals surface area contributed by atoms with Crippen LogP contribution in [0, 0.1) is 6.92 Å². The van der Waals surface area contributed by atoms with Crippen molar-refractivity contribution in [1.82, 2.24) is 9.71 Å². The van der Waals surface area contributed by atoms with Gasteiger partial charge in [-0.05, 0) is 12.5 Å². The maximum atomic E-state index is 11.9. The number of hydrogen-bond donors (Lipinski definition) is 1. The van der Waals surface area contributed by atoms with Gasteiger partial charge in [0, 0.05) is 6.54 Å². The Balaban J connectivity index is 2.08. The summed E-state index contributed by atoms with van der Waals surface area (Å²) in [6.07, 6.45) is 1.25. The lowest BCUT2D eigenvalue weighted by Crippen LogP contribution is -2.22. The van der Waals surface area contributed by atoms with Crippen molar-refractivity contribution >= 4 is 33.0 Å². The lowest BCUT2D eigenvalue weighted by Gasteiger charge is -2.04. The highest BCUT2D eigenvalue weighted by molar-refractivity contribution is 7.91. The van der Waals surface area contributed by atoms with Gasteiger partial charge in [0.05, 0.1) is 6.20 Å². The van der Waals surface area contributed by atoms with Gasteiger partial charge in [0.15, 0.2) is 8.68 Å². The van der Waals surface area contributed by atoms with Crippen LogP contribution in [-0.4, -0.2) is 13.4 Å². The second-order valence-electron chi connectivity index (χ2n) is 3.74. The number of halogens is 1. The smallest absolute Gasteiger partial charge is 0.232 e. The minimum atomic E-state index is -3.53. The average Bonchev–Trinajstić information content (AvgIpc) is 2.76. The Hall–Kier alpha value is -0.950. The highest BCUT2D eigenvalue weighted by Crippen LogP contribution is 2.22. The number of thiazole rings is 1. The van der Waals surface area contributed by atoms with Gasteiger partial charge >= 0.3 is 0 Å². The molecule has 1 heterocycles. The Morgan fingerprint density at radius 1 is 1.33 bits per heavy atom. The first-order valence-electron chi connectivity index (χ1n) is 5.14. The Morgan fingerprint density at radius 2 is 2.00 bits per heavy atom. The number of nitrogens with one attached hydrogen (secondary N) is 1. The van der Waals surface area contributed by atoms with Crippen LogP contribution in [0.3, 0.4) is 0 Å². The van der Waals surface area contributed by atoms with E-state index in [-0.39, 0.29) is 15.2 Å². The van der Waals surface area contributed by atoms with Crippen molar-refractivity contribution in [2.75, 3.05) is 0 Å². The van der Waals surface area contributed by atoms with Crippen LogP contribution in [-0.2, 0) is 16.6 Å². The molecule has 96 valence electrons. The number of nitrogens with zero attached hydrogens (tertiary/aromatic N) is 1. The number of hydrogen-bond acceptors (Lipinski definition) is 4. The first-order chi connectivity index (χ1) is 8.47. The molecule has 7 heteroatoms. The normalized spacial score (nSPS) is 11.7. The topological polar surface area (TPSA) is 59.1 Å². The third-order valence-electron chi connectivity index (χ3n) is 2.31. The number of sulfonamides is 1. The molecule has 1 aromatic carbocycles. The van der Waals surface area contributed by atoms with E-state index in [1.54, 1.807) is 0 Å². The van der Waals surface area contributed by atoms with Crippen molar-refractivity contribution in [2.45, 2.75) is 17.7 Å². The molecule has 0 saturated carbocycles. The molecule has 0 spiro atoms. The molecule has 18 heavy (non-hydrogen) atoms. The Labute approximate surface area is 115 Å². The van der Waals surface area contributed by atoms with Crippen LogP contribution >= 0.6 is 22.9 Å². The van der Waals surface area contributed by atoms with Gasteiger partial charge in [-0.2, -0.15) is 0 Å². The largest absolute Gasteiger partial charge is 0.252 e. The first-order valence-corrected chi connectivity index (χ1v) is 7.82. The van der Waals surface area contributed by atoms with Gasteiger partial charge in [0.2, 0.25) is 0 Å². The number of rotatable bonds is 4. The van der Waals surface area contributed by atoms with Crippen LogP contribution in [0.15, 0.2) is 34.7 Å². The molecule has 0 fully saturated rings. The van der Waals surface area contributed by atoms with E-state index in [1.165, 1.54) is 6.20 Å². The summed E-state index contributed by atoms with van der Waals surface area (Å²) in [6.45, 7) is 2.23. The minimum absolute atomic E-state index is 0.125. The van der Waals surface area contributed by atoms with E-state index in [0.717, 1.165) is 22.5 Å². The van der Waals surface area contributed by atoms with E-state index >= 15 is 0 Å². The van der Waals surface area contributed by atoms with Crippen LogP contribution < -0.4 is 4.72 Å². The van der Waals surface area contributed by atoms with Gasteiger partial charge in [0.25, 0.3) is 10.0 Å². The molecule has 2 rings (SSSR count). The molecule has 0 atom stereocenters. The molecule has 0 aliphatic rings. The van der Waals surface area contributed by atoms with E-state index in [2.05, 4.69) is 9.71 Å². The van der Waals surface area contributed by atoms with Crippen LogP contribution in [0.4, 0.5) is 0 Å². The maximum absolute atomic E-state index is 11.9. The second kappa shape index (κ2) is 5.36. The van der Waals surface area contributed by atoms with E-state index < -0.39 is 10.0 Å². The summed E-state index contributed by atoms with van der Waals surface area (Å²) in [6, 6.07) is 7.65. The Morgan fingerprint density at radius 3 is 2.56 bits per heavy atom. The highest BCUT2D eigenvalue weighted by Gasteiger charge is 2.16. The van der Waals surface area contributed by atoms with E-state index in [4.69, 9.17) is 11.6 Å². The van der Waals surface area contributed by atoms with Gasteiger partial charge in [0.1, 0.15) is 0 Å². The molecular weight excluding hydrogens is 292 g/mol. The van der Waals surface area contributed by atoms with Crippen molar-refractivity contribution in [2.24, 2.45) is 0 Å².